The van der Waals surface area contributed by atoms with Crippen molar-refractivity contribution in [3.05, 3.63) is 113 Å². The maximum absolute atomic E-state index is 13.1. The van der Waals surface area contributed by atoms with Gasteiger partial charge in [-0.3, -0.25) is 19.2 Å². The lowest BCUT2D eigenvalue weighted by molar-refractivity contribution is -0.384. The number of nitro benzene ring substituents is 1. The fourth-order valence-corrected chi connectivity index (χ4v) is 4.50. The SMILES string of the molecule is C=CCN(c1ccc(C(=O)N/N=C(/C)c2ccc([N+](=O)[O-])cc2)cc1)S(=O)(=O)c1ccccc1. The van der Waals surface area contributed by atoms with Crippen LogP contribution in [0.3, 0.4) is 0 Å². The topological polar surface area (TPSA) is 122 Å². The van der Waals surface area contributed by atoms with Gasteiger partial charge in [0.05, 0.1) is 27.8 Å². The number of amides is 1. The molecule has 3 aromatic carbocycles. The normalized spacial score (nSPS) is 11.5. The van der Waals surface area contributed by atoms with E-state index in [4.69, 9.17) is 0 Å². The van der Waals surface area contributed by atoms with Crippen LogP contribution in [0.25, 0.3) is 0 Å². The molecule has 3 rings (SSSR count). The van der Waals surface area contributed by atoms with Gasteiger partial charge in [0.2, 0.25) is 0 Å². The Morgan fingerprint density at radius 1 is 1.03 bits per heavy atom. The first-order valence-electron chi connectivity index (χ1n) is 10.1. The predicted molar refractivity (Wildman–Crippen MR) is 130 cm³/mol. The molecule has 0 saturated carbocycles. The van der Waals surface area contributed by atoms with Gasteiger partial charge in [-0.25, -0.2) is 13.8 Å². The number of nitrogens with one attached hydrogen (secondary N) is 1. The van der Waals surface area contributed by atoms with E-state index in [0.29, 0.717) is 17.0 Å². The van der Waals surface area contributed by atoms with Gasteiger partial charge in [-0.1, -0.05) is 24.3 Å². The lowest BCUT2D eigenvalue weighted by Gasteiger charge is -2.23. The zero-order valence-corrected chi connectivity index (χ0v) is 19.1. The lowest BCUT2D eigenvalue weighted by Crippen LogP contribution is -2.31. The van der Waals surface area contributed by atoms with Gasteiger partial charge in [0.15, 0.2) is 0 Å². The van der Waals surface area contributed by atoms with E-state index in [0.717, 1.165) is 0 Å². The standard InChI is InChI=1S/C24H22N4O5S/c1-3-17-27(34(32,33)23-7-5-4-6-8-23)21-13-11-20(12-14-21)24(29)26-25-18(2)19-9-15-22(16-10-19)28(30)31/h3-16H,1,17H2,2H3,(H,26,29)/b25-18-. The molecule has 0 heterocycles. The largest absolute Gasteiger partial charge is 0.271 e. The molecule has 0 aliphatic heterocycles. The highest BCUT2D eigenvalue weighted by atomic mass is 32.2. The first-order chi connectivity index (χ1) is 16.2. The summed E-state index contributed by atoms with van der Waals surface area (Å²) < 4.78 is 27.3. The van der Waals surface area contributed by atoms with Crippen LogP contribution in [0.2, 0.25) is 0 Å². The summed E-state index contributed by atoms with van der Waals surface area (Å²) in [6.07, 6.45) is 1.48. The van der Waals surface area contributed by atoms with Crippen LogP contribution in [0.5, 0.6) is 0 Å². The Balaban J connectivity index is 1.75. The van der Waals surface area contributed by atoms with Gasteiger partial charge in [0.25, 0.3) is 21.6 Å². The smallest absolute Gasteiger partial charge is 0.267 e. The second kappa shape index (κ2) is 10.5. The van der Waals surface area contributed by atoms with Gasteiger partial charge in [0.1, 0.15) is 0 Å². The van der Waals surface area contributed by atoms with Gasteiger partial charge >= 0.3 is 0 Å². The minimum absolute atomic E-state index is 0.0412. The number of hydrogen-bond acceptors (Lipinski definition) is 6. The van der Waals surface area contributed by atoms with Crippen molar-refractivity contribution in [2.75, 3.05) is 10.8 Å². The molecule has 9 nitrogen and oxygen atoms in total. The summed E-state index contributed by atoms with van der Waals surface area (Å²) >= 11 is 0. The molecule has 34 heavy (non-hydrogen) atoms. The third kappa shape index (κ3) is 5.54. The summed E-state index contributed by atoms with van der Waals surface area (Å²) in [7, 11) is -3.81. The van der Waals surface area contributed by atoms with Crippen molar-refractivity contribution < 1.29 is 18.1 Å². The van der Waals surface area contributed by atoms with E-state index in [2.05, 4.69) is 17.1 Å². The van der Waals surface area contributed by atoms with E-state index in [-0.39, 0.29) is 22.7 Å². The quantitative estimate of drug-likeness (QED) is 0.214. The molecule has 0 radical (unpaired) electrons. The fraction of sp³-hybridized carbons (Fsp3) is 0.0833. The highest BCUT2D eigenvalue weighted by Gasteiger charge is 2.24. The first-order valence-corrected chi connectivity index (χ1v) is 11.6. The number of benzene rings is 3. The first kappa shape index (κ1) is 24.3. The summed E-state index contributed by atoms with van der Waals surface area (Å²) in [5, 5.41) is 14.8. The van der Waals surface area contributed by atoms with Gasteiger partial charge in [-0.2, -0.15) is 5.10 Å². The molecule has 0 aliphatic rings. The van der Waals surface area contributed by atoms with Gasteiger partial charge in [0, 0.05) is 17.7 Å². The number of rotatable bonds is 9. The molecule has 0 aromatic heterocycles. The van der Waals surface area contributed by atoms with Crippen molar-refractivity contribution in [2.24, 2.45) is 5.10 Å². The van der Waals surface area contributed by atoms with Gasteiger partial charge in [-0.05, 0) is 61.0 Å². The minimum atomic E-state index is -3.81. The summed E-state index contributed by atoms with van der Waals surface area (Å²) in [4.78, 5) is 22.9. The second-order valence-electron chi connectivity index (χ2n) is 7.13. The average molecular weight is 479 g/mol. The molecule has 0 unspecified atom stereocenters. The number of hydrogen-bond donors (Lipinski definition) is 1. The molecule has 0 aliphatic carbocycles. The molecule has 0 saturated heterocycles. The number of nitrogens with zero attached hydrogens (tertiary/aromatic N) is 3. The van der Waals surface area contributed by atoms with Crippen LogP contribution in [0.1, 0.15) is 22.8 Å². The molecular weight excluding hydrogens is 456 g/mol. The number of carbonyl (C=O) groups is 1. The molecule has 0 fully saturated rings. The Hall–Kier alpha value is -4.31. The van der Waals surface area contributed by atoms with Crippen LogP contribution in [0.4, 0.5) is 11.4 Å². The van der Waals surface area contributed by atoms with E-state index >= 15 is 0 Å². The monoisotopic (exact) mass is 478 g/mol. The van der Waals surface area contributed by atoms with Crippen LogP contribution in [-0.2, 0) is 10.0 Å². The number of carbonyl (C=O) groups excluding carboxylic acids is 1. The Morgan fingerprint density at radius 2 is 1.62 bits per heavy atom. The maximum atomic E-state index is 13.1. The Labute approximate surface area is 197 Å². The van der Waals surface area contributed by atoms with Crippen molar-refractivity contribution >= 4 is 33.0 Å². The molecule has 10 heteroatoms. The fourth-order valence-electron chi connectivity index (χ4n) is 3.05. The summed E-state index contributed by atoms with van der Waals surface area (Å²) in [6, 6.07) is 19.9. The van der Waals surface area contributed by atoms with Crippen molar-refractivity contribution in [1.29, 1.82) is 0 Å². The zero-order valence-electron chi connectivity index (χ0n) is 18.3. The van der Waals surface area contributed by atoms with Crippen LogP contribution in [-0.4, -0.2) is 31.5 Å². The van der Waals surface area contributed by atoms with E-state index < -0.39 is 20.9 Å². The van der Waals surface area contributed by atoms with Gasteiger partial charge in [-0.15, -0.1) is 6.58 Å². The molecule has 1 amide bonds. The van der Waals surface area contributed by atoms with Crippen molar-refractivity contribution in [3.63, 3.8) is 0 Å². The summed E-state index contributed by atoms with van der Waals surface area (Å²) in [5.41, 5.74) is 4.13. The molecule has 0 atom stereocenters. The Kier molecular flexibility index (Phi) is 7.54. The number of hydrazone groups is 1. The van der Waals surface area contributed by atoms with Crippen molar-refractivity contribution in [3.8, 4) is 0 Å². The third-order valence-electron chi connectivity index (χ3n) is 4.86. The zero-order chi connectivity index (χ0) is 24.7. The summed E-state index contributed by atoms with van der Waals surface area (Å²) in [5.74, 6) is -0.492. The molecular formula is C24H22N4O5S. The van der Waals surface area contributed by atoms with E-state index in [1.807, 2.05) is 0 Å². The third-order valence-corrected chi connectivity index (χ3v) is 6.67. The molecule has 0 bridgehead atoms. The maximum Gasteiger partial charge on any atom is 0.271 e. The molecule has 0 spiro atoms. The van der Waals surface area contributed by atoms with Crippen LogP contribution >= 0.6 is 0 Å². The number of nitro groups is 1. The minimum Gasteiger partial charge on any atom is -0.267 e. The highest BCUT2D eigenvalue weighted by Crippen LogP contribution is 2.24. The lowest BCUT2D eigenvalue weighted by atomic mass is 10.1. The van der Waals surface area contributed by atoms with Crippen molar-refractivity contribution in [1.82, 2.24) is 5.43 Å². The second-order valence-corrected chi connectivity index (χ2v) is 8.99. The number of sulfonamides is 1. The van der Waals surface area contributed by atoms with E-state index in [1.54, 1.807) is 37.3 Å². The highest BCUT2D eigenvalue weighted by molar-refractivity contribution is 7.92. The molecule has 3 aromatic rings. The number of anilines is 1. The molecule has 174 valence electrons. The van der Waals surface area contributed by atoms with Crippen LogP contribution in [0.15, 0.2) is 102 Å². The van der Waals surface area contributed by atoms with Crippen LogP contribution < -0.4 is 9.73 Å². The van der Waals surface area contributed by atoms with E-state index in [9.17, 15) is 23.3 Å². The van der Waals surface area contributed by atoms with Gasteiger partial charge < -0.3 is 0 Å². The Morgan fingerprint density at radius 3 is 2.18 bits per heavy atom. The van der Waals surface area contributed by atoms with E-state index in [1.165, 1.54) is 58.9 Å². The molecule has 1 N–H and O–H groups in total. The predicted octanol–water partition coefficient (Wildman–Crippen LogP) is 4.13. The van der Waals surface area contributed by atoms with Crippen LogP contribution in [0, 0.1) is 10.1 Å². The average Bonchev–Trinajstić information content (AvgIpc) is 2.86. The summed E-state index contributed by atoms with van der Waals surface area (Å²) in [6.45, 7) is 5.36. The Bertz CT molecular complexity index is 1320. The number of non-ortho nitro benzene ring substituents is 1. The van der Waals surface area contributed by atoms with Crippen molar-refractivity contribution in [2.45, 2.75) is 11.8 Å².